The minimum Gasteiger partial charge on any atom is -0.329 e. The molecule has 0 aliphatic carbocycles. The van der Waals surface area contributed by atoms with Crippen LogP contribution in [0.15, 0.2) is 0 Å². The van der Waals surface area contributed by atoms with E-state index < -0.39 is 0 Å². The Morgan fingerprint density at radius 3 is 1.85 bits per heavy atom. The molecular weight excluding hydrogens is 158 g/mol. The van der Waals surface area contributed by atoms with Crippen molar-refractivity contribution in [3.8, 4) is 0 Å². The third kappa shape index (κ3) is 8.29. The predicted octanol–water partition coefficient (Wildman–Crippen LogP) is 3.44. The number of nitrogens with zero attached hydrogens (tertiary/aromatic N) is 1. The van der Waals surface area contributed by atoms with Gasteiger partial charge in [0.2, 0.25) is 0 Å². The zero-order valence-corrected chi connectivity index (χ0v) is 10.1. The van der Waals surface area contributed by atoms with Crippen LogP contribution in [0.25, 0.3) is 0 Å². The van der Waals surface area contributed by atoms with Crippen molar-refractivity contribution in [3.05, 3.63) is 0 Å². The van der Waals surface area contributed by atoms with Crippen LogP contribution in [0.4, 0.5) is 0 Å². The molecule has 0 aromatic heterocycles. The minimum atomic E-state index is 1.19. The molecule has 0 rings (SSSR count). The Hall–Kier alpha value is -0.0400. The zero-order valence-electron chi connectivity index (χ0n) is 10.1. The van der Waals surface area contributed by atoms with E-state index >= 15 is 0 Å². The van der Waals surface area contributed by atoms with Crippen LogP contribution in [-0.2, 0) is 0 Å². The molecule has 1 heteroatoms. The minimum absolute atomic E-state index is 1.19. The van der Waals surface area contributed by atoms with Gasteiger partial charge in [0.1, 0.15) is 0 Å². The highest BCUT2D eigenvalue weighted by Crippen LogP contribution is 2.07. The summed E-state index contributed by atoms with van der Waals surface area (Å²) in [7, 11) is 4.65. The maximum Gasteiger partial charge on any atom is 0.0782 e. The second-order valence-corrected chi connectivity index (χ2v) is 4.74. The number of quaternary nitrogens is 1. The first-order valence-electron chi connectivity index (χ1n) is 5.94. The van der Waals surface area contributed by atoms with E-state index in [4.69, 9.17) is 0 Å². The molecule has 1 nitrogen and oxygen atoms in total. The van der Waals surface area contributed by atoms with Crippen LogP contribution >= 0.6 is 0 Å². The average Bonchev–Trinajstić information content (AvgIpc) is 2.11. The van der Waals surface area contributed by atoms with Gasteiger partial charge in [-0.2, -0.15) is 0 Å². The summed E-state index contributed by atoms with van der Waals surface area (Å²) in [5.41, 5.74) is 0. The topological polar surface area (TPSA) is 0 Å². The van der Waals surface area contributed by atoms with Gasteiger partial charge in [0.15, 0.2) is 0 Å². The summed E-state index contributed by atoms with van der Waals surface area (Å²) in [6.07, 6.45) is 8.50. The fourth-order valence-electron chi connectivity index (χ4n) is 1.48. The standard InChI is InChI=1S/C12H28N/c1-5-7-8-9-10-11-12-13(3,4)6-2/h5-12H2,1-4H3/q+1. The van der Waals surface area contributed by atoms with Gasteiger partial charge in [0, 0.05) is 0 Å². The lowest BCUT2D eigenvalue weighted by Gasteiger charge is -2.28. The van der Waals surface area contributed by atoms with Gasteiger partial charge in [-0.1, -0.05) is 32.6 Å². The summed E-state index contributed by atoms with van der Waals surface area (Å²) in [4.78, 5) is 0. The first-order chi connectivity index (χ1) is 6.12. The Balaban J connectivity index is 3.16. The van der Waals surface area contributed by atoms with Crippen molar-refractivity contribution < 1.29 is 4.48 Å². The fraction of sp³-hybridized carbons (Fsp3) is 1.00. The quantitative estimate of drug-likeness (QED) is 0.402. The Morgan fingerprint density at radius 1 is 0.769 bits per heavy atom. The molecule has 13 heavy (non-hydrogen) atoms. The lowest BCUT2D eigenvalue weighted by atomic mass is 10.1. The summed E-state index contributed by atoms with van der Waals surface area (Å²) in [5, 5.41) is 0. The van der Waals surface area contributed by atoms with Crippen molar-refractivity contribution in [2.45, 2.75) is 52.4 Å². The molecule has 0 bridgehead atoms. The molecule has 0 saturated heterocycles. The third-order valence-electron chi connectivity index (χ3n) is 2.97. The summed E-state index contributed by atoms with van der Waals surface area (Å²) >= 11 is 0. The van der Waals surface area contributed by atoms with E-state index in [9.17, 15) is 0 Å². The molecule has 0 N–H and O–H groups in total. The molecule has 0 spiro atoms. The normalized spacial score (nSPS) is 12.0. The van der Waals surface area contributed by atoms with Gasteiger partial charge >= 0.3 is 0 Å². The zero-order chi connectivity index (χ0) is 10.2. The summed E-state index contributed by atoms with van der Waals surface area (Å²) in [6, 6.07) is 0. The Kier molecular flexibility index (Phi) is 7.35. The predicted molar refractivity (Wildman–Crippen MR) is 60.9 cm³/mol. The van der Waals surface area contributed by atoms with E-state index in [1.807, 2.05) is 0 Å². The number of hydrogen-bond donors (Lipinski definition) is 0. The van der Waals surface area contributed by atoms with E-state index in [-0.39, 0.29) is 0 Å². The molecule has 80 valence electrons. The Morgan fingerprint density at radius 2 is 1.31 bits per heavy atom. The van der Waals surface area contributed by atoms with Crippen molar-refractivity contribution in [1.82, 2.24) is 0 Å². The first kappa shape index (κ1) is 13.0. The van der Waals surface area contributed by atoms with Crippen LogP contribution in [0.1, 0.15) is 52.4 Å². The molecule has 0 aliphatic heterocycles. The second kappa shape index (κ2) is 7.37. The highest BCUT2D eigenvalue weighted by atomic mass is 15.3. The SMILES string of the molecule is CCCCCCCC[N+](C)(C)CC. The molecule has 0 unspecified atom stereocenters. The van der Waals surface area contributed by atoms with Crippen molar-refractivity contribution >= 4 is 0 Å². The van der Waals surface area contributed by atoms with Crippen molar-refractivity contribution in [2.75, 3.05) is 27.2 Å². The van der Waals surface area contributed by atoms with Gasteiger partial charge in [-0.25, -0.2) is 0 Å². The van der Waals surface area contributed by atoms with E-state index in [1.54, 1.807) is 0 Å². The van der Waals surface area contributed by atoms with Gasteiger partial charge in [-0.15, -0.1) is 0 Å². The van der Waals surface area contributed by atoms with Crippen LogP contribution in [0.3, 0.4) is 0 Å². The van der Waals surface area contributed by atoms with Gasteiger partial charge in [-0.05, 0) is 19.8 Å². The molecule has 0 radical (unpaired) electrons. The molecular formula is C12H28N+. The van der Waals surface area contributed by atoms with Gasteiger partial charge < -0.3 is 4.48 Å². The van der Waals surface area contributed by atoms with Crippen molar-refractivity contribution in [1.29, 1.82) is 0 Å². The van der Waals surface area contributed by atoms with Crippen LogP contribution in [0.5, 0.6) is 0 Å². The summed E-state index contributed by atoms with van der Waals surface area (Å²) < 4.78 is 1.19. The van der Waals surface area contributed by atoms with Crippen LogP contribution < -0.4 is 0 Å². The molecule has 0 aromatic rings. The van der Waals surface area contributed by atoms with Crippen LogP contribution in [-0.4, -0.2) is 31.7 Å². The summed E-state index contributed by atoms with van der Waals surface area (Å²) in [5.74, 6) is 0. The molecule has 0 saturated carbocycles. The van der Waals surface area contributed by atoms with Gasteiger partial charge in [0.05, 0.1) is 27.2 Å². The molecule has 0 aliphatic rings. The van der Waals surface area contributed by atoms with Gasteiger partial charge in [0.25, 0.3) is 0 Å². The molecule has 0 heterocycles. The lowest BCUT2D eigenvalue weighted by Crippen LogP contribution is -2.39. The largest absolute Gasteiger partial charge is 0.329 e. The molecule has 0 aromatic carbocycles. The molecule has 0 fully saturated rings. The highest BCUT2D eigenvalue weighted by Gasteiger charge is 2.09. The number of unbranched alkanes of at least 4 members (excludes halogenated alkanes) is 5. The smallest absolute Gasteiger partial charge is 0.0782 e. The van der Waals surface area contributed by atoms with E-state index in [1.165, 1.54) is 56.1 Å². The summed E-state index contributed by atoms with van der Waals surface area (Å²) in [6.45, 7) is 7.16. The van der Waals surface area contributed by atoms with E-state index in [0.717, 1.165) is 0 Å². The fourth-order valence-corrected chi connectivity index (χ4v) is 1.48. The van der Waals surface area contributed by atoms with Crippen LogP contribution in [0, 0.1) is 0 Å². The van der Waals surface area contributed by atoms with Crippen LogP contribution in [0.2, 0.25) is 0 Å². The highest BCUT2D eigenvalue weighted by molar-refractivity contribution is 4.43. The number of hydrogen-bond acceptors (Lipinski definition) is 0. The van der Waals surface area contributed by atoms with Crippen molar-refractivity contribution in [2.24, 2.45) is 0 Å². The van der Waals surface area contributed by atoms with Gasteiger partial charge in [-0.3, -0.25) is 0 Å². The maximum atomic E-state index is 2.33. The third-order valence-corrected chi connectivity index (χ3v) is 2.97. The molecule has 0 atom stereocenters. The van der Waals surface area contributed by atoms with Crippen molar-refractivity contribution in [3.63, 3.8) is 0 Å². The number of rotatable bonds is 8. The first-order valence-corrected chi connectivity index (χ1v) is 5.94. The molecule has 0 amide bonds. The van der Waals surface area contributed by atoms with E-state index in [2.05, 4.69) is 27.9 Å². The van der Waals surface area contributed by atoms with E-state index in [0.29, 0.717) is 0 Å². The maximum absolute atomic E-state index is 2.33. The monoisotopic (exact) mass is 186 g/mol. The second-order valence-electron chi connectivity index (χ2n) is 4.74. The lowest BCUT2D eigenvalue weighted by molar-refractivity contribution is -0.888. The Labute approximate surface area is 84.7 Å². The Bertz CT molecular complexity index is 108. The average molecular weight is 186 g/mol.